The van der Waals surface area contributed by atoms with Gasteiger partial charge in [0.15, 0.2) is 17.5 Å². The molecule has 0 bridgehead atoms. The number of hydrogen-bond acceptors (Lipinski definition) is 2. The molecule has 104 valence electrons. The molecule has 1 aliphatic rings. The zero-order chi connectivity index (χ0) is 14.4. The fraction of sp³-hybridized carbons (Fsp3) is 0.286. The maximum absolute atomic E-state index is 14.1. The van der Waals surface area contributed by atoms with Gasteiger partial charge in [-0.2, -0.15) is 5.10 Å². The van der Waals surface area contributed by atoms with Crippen molar-refractivity contribution in [2.75, 3.05) is 5.32 Å². The number of rotatable bonds is 1. The molecule has 2 heterocycles. The molecule has 0 radical (unpaired) electrons. The van der Waals surface area contributed by atoms with Gasteiger partial charge in [0.2, 0.25) is 5.91 Å². The lowest BCUT2D eigenvalue weighted by Gasteiger charge is -2.22. The number of carbonyl (C=O) groups is 1. The van der Waals surface area contributed by atoms with E-state index < -0.39 is 17.6 Å². The normalized spacial score (nSPS) is 17.8. The molecule has 1 aromatic heterocycles. The number of aryl methyl sites for hydroxylation is 2. The lowest BCUT2D eigenvalue weighted by Crippen LogP contribution is -2.23. The maximum Gasteiger partial charge on any atom is 0.226 e. The second-order valence-electron chi connectivity index (χ2n) is 5.01. The average Bonchev–Trinajstić information content (AvgIpc) is 2.75. The number of hydrogen-bond donors (Lipinski definition) is 1. The molecule has 1 unspecified atom stereocenters. The monoisotopic (exact) mass is 277 g/mol. The Kier molecular flexibility index (Phi) is 2.81. The van der Waals surface area contributed by atoms with Gasteiger partial charge in [-0.05, 0) is 18.1 Å². The number of nitrogens with one attached hydrogen (secondary N) is 1. The van der Waals surface area contributed by atoms with Crippen LogP contribution in [0, 0.1) is 18.6 Å². The molecule has 0 aliphatic carbocycles. The topological polar surface area (TPSA) is 46.9 Å². The Balaban J connectivity index is 2.15. The van der Waals surface area contributed by atoms with Crippen LogP contribution in [0.25, 0.3) is 0 Å². The van der Waals surface area contributed by atoms with E-state index in [0.717, 1.165) is 0 Å². The van der Waals surface area contributed by atoms with Crippen LogP contribution >= 0.6 is 0 Å². The quantitative estimate of drug-likeness (QED) is 0.870. The van der Waals surface area contributed by atoms with Gasteiger partial charge in [0.1, 0.15) is 0 Å². The summed E-state index contributed by atoms with van der Waals surface area (Å²) >= 11 is 0. The molecular formula is C14H13F2N3O. The van der Waals surface area contributed by atoms with E-state index in [1.807, 2.05) is 0 Å². The summed E-state index contributed by atoms with van der Waals surface area (Å²) in [5.41, 5.74) is 1.14. The number of anilines is 1. The Hall–Kier alpha value is -2.24. The number of carbonyl (C=O) groups excluding carboxylic acids is 1. The predicted molar refractivity (Wildman–Crippen MR) is 69.4 cm³/mol. The Morgan fingerprint density at radius 1 is 1.30 bits per heavy atom. The highest BCUT2D eigenvalue weighted by atomic mass is 19.2. The number of aromatic nitrogens is 2. The second-order valence-corrected chi connectivity index (χ2v) is 5.01. The van der Waals surface area contributed by atoms with Gasteiger partial charge in [-0.3, -0.25) is 9.48 Å². The van der Waals surface area contributed by atoms with E-state index in [9.17, 15) is 13.6 Å². The van der Waals surface area contributed by atoms with Gasteiger partial charge in [-0.1, -0.05) is 12.1 Å². The molecule has 6 heteroatoms. The van der Waals surface area contributed by atoms with Crippen LogP contribution in [0.4, 0.5) is 14.6 Å². The van der Waals surface area contributed by atoms with Crippen molar-refractivity contribution in [1.82, 2.24) is 9.78 Å². The minimum absolute atomic E-state index is 0.0815. The van der Waals surface area contributed by atoms with Gasteiger partial charge >= 0.3 is 0 Å². The molecule has 0 fully saturated rings. The maximum atomic E-state index is 14.1. The summed E-state index contributed by atoms with van der Waals surface area (Å²) in [6.45, 7) is 1.51. The first kappa shape index (κ1) is 12.8. The van der Waals surface area contributed by atoms with E-state index in [0.29, 0.717) is 11.4 Å². The van der Waals surface area contributed by atoms with E-state index in [-0.39, 0.29) is 23.5 Å². The van der Waals surface area contributed by atoms with Gasteiger partial charge in [-0.25, -0.2) is 8.78 Å². The van der Waals surface area contributed by atoms with Gasteiger partial charge < -0.3 is 5.32 Å². The minimum atomic E-state index is -0.889. The van der Waals surface area contributed by atoms with Crippen LogP contribution in [0.5, 0.6) is 0 Å². The molecule has 2 aromatic rings. The molecule has 1 atom stereocenters. The number of nitrogens with zero attached hydrogens (tertiary/aromatic N) is 2. The molecule has 1 amide bonds. The highest BCUT2D eigenvalue weighted by Gasteiger charge is 2.31. The van der Waals surface area contributed by atoms with Crippen LogP contribution in [0.2, 0.25) is 0 Å². The van der Waals surface area contributed by atoms with E-state index in [1.54, 1.807) is 17.9 Å². The summed E-state index contributed by atoms with van der Waals surface area (Å²) in [5, 5.41) is 6.75. The van der Waals surface area contributed by atoms with Crippen LogP contribution < -0.4 is 5.32 Å². The average molecular weight is 277 g/mol. The minimum Gasteiger partial charge on any atom is -0.309 e. The molecule has 4 nitrogen and oxygen atoms in total. The van der Waals surface area contributed by atoms with Crippen molar-refractivity contribution >= 4 is 11.7 Å². The van der Waals surface area contributed by atoms with Gasteiger partial charge in [0.25, 0.3) is 0 Å². The van der Waals surface area contributed by atoms with E-state index in [4.69, 9.17) is 0 Å². The van der Waals surface area contributed by atoms with E-state index >= 15 is 0 Å². The first-order chi connectivity index (χ1) is 9.47. The predicted octanol–water partition coefficient (Wildman–Crippen LogP) is 2.48. The molecule has 20 heavy (non-hydrogen) atoms. The Labute approximate surface area is 114 Å². The van der Waals surface area contributed by atoms with Crippen molar-refractivity contribution in [2.45, 2.75) is 19.3 Å². The Morgan fingerprint density at radius 2 is 2.05 bits per heavy atom. The number of benzene rings is 1. The molecule has 1 aromatic carbocycles. The molecule has 3 rings (SSSR count). The third-order valence-corrected chi connectivity index (χ3v) is 3.56. The van der Waals surface area contributed by atoms with Gasteiger partial charge in [0, 0.05) is 31.1 Å². The van der Waals surface area contributed by atoms with Crippen molar-refractivity contribution in [2.24, 2.45) is 7.05 Å². The largest absolute Gasteiger partial charge is 0.309 e. The van der Waals surface area contributed by atoms with Crippen LogP contribution in [0.3, 0.4) is 0 Å². The molecular weight excluding hydrogens is 264 g/mol. The van der Waals surface area contributed by atoms with Crippen molar-refractivity contribution in [3.63, 3.8) is 0 Å². The van der Waals surface area contributed by atoms with Gasteiger partial charge in [-0.15, -0.1) is 0 Å². The summed E-state index contributed by atoms with van der Waals surface area (Å²) < 4.78 is 29.4. The lowest BCUT2D eigenvalue weighted by molar-refractivity contribution is -0.116. The fourth-order valence-corrected chi connectivity index (χ4v) is 2.54. The molecule has 0 saturated heterocycles. The number of fused-ring (bicyclic) bond motifs is 1. The highest BCUT2D eigenvalue weighted by Crippen LogP contribution is 2.38. The highest BCUT2D eigenvalue weighted by molar-refractivity contribution is 5.94. The van der Waals surface area contributed by atoms with E-state index in [2.05, 4.69) is 10.4 Å². The van der Waals surface area contributed by atoms with Crippen molar-refractivity contribution in [1.29, 1.82) is 0 Å². The van der Waals surface area contributed by atoms with Crippen molar-refractivity contribution in [3.8, 4) is 0 Å². The zero-order valence-corrected chi connectivity index (χ0v) is 11.1. The number of halogens is 2. The third-order valence-electron chi connectivity index (χ3n) is 3.56. The van der Waals surface area contributed by atoms with Crippen molar-refractivity contribution in [3.05, 3.63) is 46.7 Å². The first-order valence-corrected chi connectivity index (χ1v) is 6.25. The first-order valence-electron chi connectivity index (χ1n) is 6.25. The van der Waals surface area contributed by atoms with Gasteiger partial charge in [0.05, 0.1) is 0 Å². The summed E-state index contributed by atoms with van der Waals surface area (Å²) in [6.07, 6.45) is 1.80. The summed E-state index contributed by atoms with van der Waals surface area (Å²) in [7, 11) is 1.72. The Bertz CT molecular complexity index is 709. The number of amides is 1. The lowest BCUT2D eigenvalue weighted by atomic mass is 9.86. The summed E-state index contributed by atoms with van der Waals surface area (Å²) in [4.78, 5) is 11.7. The smallest absolute Gasteiger partial charge is 0.226 e. The molecule has 0 saturated carbocycles. The molecule has 0 spiro atoms. The van der Waals surface area contributed by atoms with Crippen LogP contribution in [-0.4, -0.2) is 15.7 Å². The van der Waals surface area contributed by atoms with Crippen molar-refractivity contribution < 1.29 is 13.6 Å². The Morgan fingerprint density at radius 3 is 2.80 bits per heavy atom. The SMILES string of the molecule is Cc1ccc(C2CC(=O)Nc3nn(C)cc32)c(F)c1F. The molecule has 1 aliphatic heterocycles. The summed E-state index contributed by atoms with van der Waals surface area (Å²) in [6, 6.07) is 3.06. The molecule has 1 N–H and O–H groups in total. The van der Waals surface area contributed by atoms with Crippen LogP contribution in [0.1, 0.15) is 29.0 Å². The zero-order valence-electron chi connectivity index (χ0n) is 11.1. The van der Waals surface area contributed by atoms with Crippen LogP contribution in [0.15, 0.2) is 18.3 Å². The standard InChI is InChI=1S/C14H13F2N3O/c1-7-3-4-8(13(16)12(7)15)9-5-11(20)17-14-10(9)6-19(2)18-14/h3-4,6,9H,5H2,1-2H3,(H,17,18,20). The fourth-order valence-electron chi connectivity index (χ4n) is 2.54. The van der Waals surface area contributed by atoms with Crippen LogP contribution in [-0.2, 0) is 11.8 Å². The second kappa shape index (κ2) is 4.40. The van der Waals surface area contributed by atoms with E-state index in [1.165, 1.54) is 19.1 Å². The summed E-state index contributed by atoms with van der Waals surface area (Å²) in [5.74, 6) is -2.10. The third kappa shape index (κ3) is 1.88.